The summed E-state index contributed by atoms with van der Waals surface area (Å²) in [4.78, 5) is 11.3. The van der Waals surface area contributed by atoms with Gasteiger partial charge in [0.25, 0.3) is 0 Å². The van der Waals surface area contributed by atoms with Crippen LogP contribution in [-0.2, 0) is 11.2 Å². The van der Waals surface area contributed by atoms with Crippen molar-refractivity contribution in [1.82, 2.24) is 0 Å². The van der Waals surface area contributed by atoms with Crippen molar-refractivity contribution in [1.29, 1.82) is 0 Å². The highest BCUT2D eigenvalue weighted by atomic mass is 127. The van der Waals surface area contributed by atoms with Crippen LogP contribution in [0.5, 0.6) is 5.75 Å². The predicted molar refractivity (Wildman–Crippen MR) is 70.4 cm³/mol. The van der Waals surface area contributed by atoms with E-state index in [1.807, 2.05) is 6.07 Å². The number of carbonyl (C=O) groups is 1. The monoisotopic (exact) mass is 414 g/mol. The lowest BCUT2D eigenvalue weighted by Gasteiger charge is -2.09. The third-order valence-electron chi connectivity index (χ3n) is 2.18. The minimum Gasteiger partial charge on any atom is -0.425 e. The topological polar surface area (TPSA) is 26.3 Å². The lowest BCUT2D eigenvalue weighted by molar-refractivity contribution is -0.134. The minimum atomic E-state index is -0.108. The van der Waals surface area contributed by atoms with Crippen LogP contribution in [0, 0.1) is 7.14 Å². The molecule has 4 heteroatoms. The van der Waals surface area contributed by atoms with E-state index in [2.05, 4.69) is 51.2 Å². The Bertz CT molecular complexity index is 388. The second-order valence-corrected chi connectivity index (χ2v) is 5.49. The maximum atomic E-state index is 11.3. The van der Waals surface area contributed by atoms with Gasteiger partial charge in [0.1, 0.15) is 5.75 Å². The zero-order valence-corrected chi connectivity index (χ0v) is 11.7. The van der Waals surface area contributed by atoms with Crippen LogP contribution < -0.4 is 4.74 Å². The van der Waals surface area contributed by atoms with E-state index in [9.17, 15) is 4.79 Å². The summed E-state index contributed by atoms with van der Waals surface area (Å²) in [5.41, 5.74) is 1.18. The largest absolute Gasteiger partial charge is 0.425 e. The van der Waals surface area contributed by atoms with Crippen LogP contribution in [-0.4, -0.2) is 5.97 Å². The number of halogens is 2. The average Bonchev–Trinajstić information content (AvgIpc) is 2.34. The molecule has 0 amide bonds. The zero-order chi connectivity index (χ0) is 10.1. The van der Waals surface area contributed by atoms with Gasteiger partial charge < -0.3 is 4.74 Å². The van der Waals surface area contributed by atoms with Crippen LogP contribution in [0.2, 0.25) is 0 Å². The number of carbonyl (C=O) groups excluding carboxylic acids is 1. The molecule has 0 saturated heterocycles. The first-order valence-electron chi connectivity index (χ1n) is 4.36. The van der Waals surface area contributed by atoms with Crippen LogP contribution in [0.1, 0.15) is 18.4 Å². The molecule has 0 N–H and O–H groups in total. The first kappa shape index (κ1) is 10.7. The van der Waals surface area contributed by atoms with Crippen LogP contribution in [0.15, 0.2) is 12.1 Å². The number of rotatable bonds is 0. The Kier molecular flexibility index (Phi) is 3.30. The third kappa shape index (κ3) is 2.05. The molecule has 1 heterocycles. The summed E-state index contributed by atoms with van der Waals surface area (Å²) in [5.74, 6) is 0.670. The van der Waals surface area contributed by atoms with Gasteiger partial charge in [-0.1, -0.05) is 0 Å². The van der Waals surface area contributed by atoms with Crippen molar-refractivity contribution in [3.05, 3.63) is 24.8 Å². The zero-order valence-electron chi connectivity index (χ0n) is 7.35. The van der Waals surface area contributed by atoms with E-state index in [1.165, 1.54) is 9.13 Å². The molecule has 0 atom stereocenters. The minimum absolute atomic E-state index is 0.108. The van der Waals surface area contributed by atoms with Gasteiger partial charge in [-0.25, -0.2) is 0 Å². The lowest BCUT2D eigenvalue weighted by Crippen LogP contribution is -2.06. The van der Waals surface area contributed by atoms with Crippen molar-refractivity contribution in [2.75, 3.05) is 0 Å². The molecule has 74 valence electrons. The van der Waals surface area contributed by atoms with Crippen molar-refractivity contribution in [2.24, 2.45) is 0 Å². The number of fused-ring (bicyclic) bond motifs is 1. The van der Waals surface area contributed by atoms with Crippen molar-refractivity contribution in [2.45, 2.75) is 19.3 Å². The number of hydrogen-bond donors (Lipinski definition) is 0. The van der Waals surface area contributed by atoms with Crippen LogP contribution in [0.4, 0.5) is 0 Å². The maximum Gasteiger partial charge on any atom is 0.311 e. The molecular formula is C10H8I2O2. The summed E-state index contributed by atoms with van der Waals surface area (Å²) in [6.45, 7) is 0. The van der Waals surface area contributed by atoms with Gasteiger partial charge in [-0.05, 0) is 70.2 Å². The van der Waals surface area contributed by atoms with E-state index in [0.717, 1.165) is 22.2 Å². The second-order valence-electron chi connectivity index (χ2n) is 3.16. The molecule has 0 spiro atoms. The van der Waals surface area contributed by atoms with Gasteiger partial charge in [0.05, 0.1) is 3.57 Å². The van der Waals surface area contributed by atoms with Crippen molar-refractivity contribution in [3.63, 3.8) is 0 Å². The molecule has 0 aliphatic carbocycles. The summed E-state index contributed by atoms with van der Waals surface area (Å²) < 4.78 is 7.53. The Labute approximate surface area is 110 Å². The highest BCUT2D eigenvalue weighted by Crippen LogP contribution is 2.33. The molecule has 1 aliphatic rings. The molecule has 1 aromatic rings. The molecule has 2 rings (SSSR count). The summed E-state index contributed by atoms with van der Waals surface area (Å²) in [6, 6.07) is 4.06. The molecule has 1 aromatic carbocycles. The normalized spacial score (nSPS) is 15.7. The van der Waals surface area contributed by atoms with Gasteiger partial charge in [0.15, 0.2) is 0 Å². The van der Waals surface area contributed by atoms with Gasteiger partial charge in [0, 0.05) is 15.6 Å². The Hall–Kier alpha value is 0.150. The number of esters is 1. The SMILES string of the molecule is O=C1CCCc2c(I)ccc(I)c2O1. The number of benzene rings is 1. The first-order valence-corrected chi connectivity index (χ1v) is 6.52. The average molecular weight is 414 g/mol. The molecular weight excluding hydrogens is 406 g/mol. The lowest BCUT2D eigenvalue weighted by atomic mass is 10.1. The van der Waals surface area contributed by atoms with Crippen molar-refractivity contribution >= 4 is 51.2 Å². The standard InChI is InChI=1S/C10H8I2O2/c11-7-4-5-8(12)10-6(7)2-1-3-9(13)14-10/h4-5H,1-3H2. The molecule has 0 fully saturated rings. The summed E-state index contributed by atoms with van der Waals surface area (Å²) in [6.07, 6.45) is 2.36. The van der Waals surface area contributed by atoms with Crippen LogP contribution in [0.25, 0.3) is 0 Å². The quantitative estimate of drug-likeness (QED) is 0.371. The maximum absolute atomic E-state index is 11.3. The van der Waals surface area contributed by atoms with Crippen molar-refractivity contribution < 1.29 is 9.53 Å². The summed E-state index contributed by atoms with van der Waals surface area (Å²) in [5, 5.41) is 0. The Morgan fingerprint density at radius 2 is 1.86 bits per heavy atom. The fraction of sp³-hybridized carbons (Fsp3) is 0.300. The summed E-state index contributed by atoms with van der Waals surface area (Å²) >= 11 is 4.50. The van der Waals surface area contributed by atoms with Gasteiger partial charge in [-0.2, -0.15) is 0 Å². The fourth-order valence-electron chi connectivity index (χ4n) is 1.49. The molecule has 0 bridgehead atoms. The number of ether oxygens (including phenoxy) is 1. The second kappa shape index (κ2) is 4.34. The Balaban J connectivity index is 2.54. The molecule has 14 heavy (non-hydrogen) atoms. The van der Waals surface area contributed by atoms with Crippen LogP contribution in [0.3, 0.4) is 0 Å². The van der Waals surface area contributed by atoms with E-state index in [-0.39, 0.29) is 5.97 Å². The molecule has 0 radical (unpaired) electrons. The van der Waals surface area contributed by atoms with E-state index < -0.39 is 0 Å². The van der Waals surface area contributed by atoms with E-state index in [1.54, 1.807) is 0 Å². The Morgan fingerprint density at radius 1 is 1.14 bits per heavy atom. The van der Waals surface area contributed by atoms with Gasteiger partial charge in [0.2, 0.25) is 0 Å². The van der Waals surface area contributed by atoms with Crippen molar-refractivity contribution in [3.8, 4) is 5.75 Å². The first-order chi connectivity index (χ1) is 6.68. The molecule has 0 aromatic heterocycles. The van der Waals surface area contributed by atoms with Gasteiger partial charge in [-0.15, -0.1) is 0 Å². The number of hydrogen-bond acceptors (Lipinski definition) is 2. The predicted octanol–water partition coefficient (Wildman–Crippen LogP) is 3.14. The van der Waals surface area contributed by atoms with E-state index >= 15 is 0 Å². The highest BCUT2D eigenvalue weighted by molar-refractivity contribution is 14.1. The van der Waals surface area contributed by atoms with E-state index in [0.29, 0.717) is 6.42 Å². The smallest absolute Gasteiger partial charge is 0.311 e. The van der Waals surface area contributed by atoms with Gasteiger partial charge >= 0.3 is 5.97 Å². The van der Waals surface area contributed by atoms with Crippen LogP contribution >= 0.6 is 45.2 Å². The van der Waals surface area contributed by atoms with E-state index in [4.69, 9.17) is 4.74 Å². The third-order valence-corrected chi connectivity index (χ3v) is 4.04. The highest BCUT2D eigenvalue weighted by Gasteiger charge is 2.19. The van der Waals surface area contributed by atoms with Gasteiger partial charge in [-0.3, -0.25) is 4.79 Å². The Morgan fingerprint density at radius 3 is 2.64 bits per heavy atom. The summed E-state index contributed by atoms with van der Waals surface area (Å²) in [7, 11) is 0. The molecule has 0 saturated carbocycles. The molecule has 1 aliphatic heterocycles. The fourth-order valence-corrected chi connectivity index (χ4v) is 2.80. The molecule has 2 nitrogen and oxygen atoms in total. The molecule has 0 unspecified atom stereocenters.